The summed E-state index contributed by atoms with van der Waals surface area (Å²) < 4.78 is 0. The average molecular weight is 198 g/mol. The monoisotopic (exact) mass is 198 g/mol. The fourth-order valence-electron chi connectivity index (χ4n) is 0. The average Bonchev–Trinajstić information content (AvgIpc) is 0. The maximum atomic E-state index is 0. The van der Waals surface area contributed by atoms with Crippen LogP contribution in [0, 0.1) is 0 Å². The zero-order valence-corrected chi connectivity index (χ0v) is 10.7. The van der Waals surface area contributed by atoms with Crippen LogP contribution in [0.4, 0.5) is 0 Å². The molecule has 40 valence electrons. The predicted molar refractivity (Wildman–Crippen MR) is 11.5 cm³/mol. The molecule has 0 radical (unpaired) electrons. The van der Waals surface area contributed by atoms with Gasteiger partial charge in [0.15, 0.2) is 0 Å². The Bertz CT molecular complexity index is 10.4. The van der Waals surface area contributed by atoms with E-state index >= 15 is 0 Å². The molecule has 0 aromatic rings. The van der Waals surface area contributed by atoms with Crippen LogP contribution in [-0.2, 0) is 0 Å². The molecule has 0 bridgehead atoms. The van der Waals surface area contributed by atoms with Crippen LogP contribution in [0.1, 0.15) is 0 Å². The van der Waals surface area contributed by atoms with Crippen LogP contribution in [0.2, 0.25) is 0 Å². The third-order valence-electron chi connectivity index (χ3n) is 0. The smallest absolute Gasteiger partial charge is 1.00 e. The molecule has 0 atom stereocenters. The van der Waals surface area contributed by atoms with Crippen molar-refractivity contribution < 1.29 is 53.1 Å². The molecule has 0 rings (SSSR count). The van der Waals surface area contributed by atoms with Crippen molar-refractivity contribution >= 4 is 75.5 Å². The molecule has 0 spiro atoms. The fraction of sp³-hybridized carbons (Fsp3) is 0. The summed E-state index contributed by atoms with van der Waals surface area (Å²) in [6.07, 6.45) is 0. The quantitative estimate of drug-likeness (QED) is 0.268. The summed E-state index contributed by atoms with van der Waals surface area (Å²) in [5.41, 5.74) is 0. The Balaban J connectivity index is 0. The molecule has 0 aromatic carbocycles. The number of halogens is 5. The van der Waals surface area contributed by atoms with Crippen LogP contribution in [-0.4, -0.2) is 75.5 Å². The van der Waals surface area contributed by atoms with Gasteiger partial charge in [-0.2, -0.15) is 0 Å². The second-order valence-corrected chi connectivity index (χ2v) is 0. The van der Waals surface area contributed by atoms with Crippen molar-refractivity contribution in [3.63, 3.8) is 0 Å². The van der Waals surface area contributed by atoms with E-state index in [2.05, 4.69) is 0 Å². The molecule has 0 saturated heterocycles. The van der Waals surface area contributed by atoms with Crippen LogP contribution >= 0.6 is 0 Å². The molecule has 0 unspecified atom stereocenters. The van der Waals surface area contributed by atoms with Gasteiger partial charge in [-0.25, -0.2) is 0 Å². The van der Waals surface area contributed by atoms with Crippen molar-refractivity contribution in [2.45, 2.75) is 0 Å². The van der Waals surface area contributed by atoms with Gasteiger partial charge in [-0.15, -0.1) is 0 Å². The van der Waals surface area contributed by atoms with Gasteiger partial charge in [-0.05, 0) is 0 Å². The summed E-state index contributed by atoms with van der Waals surface area (Å²) in [4.78, 5) is 0. The second kappa shape index (κ2) is 85.1. The van der Waals surface area contributed by atoms with Crippen molar-refractivity contribution in [1.82, 2.24) is 0 Å². The largest absolute Gasteiger partial charge is 2.00 e. The summed E-state index contributed by atoms with van der Waals surface area (Å²) in [5.74, 6) is 0. The first-order valence-corrected chi connectivity index (χ1v) is 0. The molecular formula is Ca2F5Na. The minimum Gasteiger partial charge on any atom is -1.00 e. The van der Waals surface area contributed by atoms with Crippen LogP contribution in [0.5, 0.6) is 0 Å². The van der Waals surface area contributed by atoms with E-state index in [0.29, 0.717) is 0 Å². The number of hydrogen-bond donors (Lipinski definition) is 0. The van der Waals surface area contributed by atoms with Gasteiger partial charge >= 0.3 is 105 Å². The number of rotatable bonds is 0. The first kappa shape index (κ1) is 115. The maximum Gasteiger partial charge on any atom is 2.00 e. The summed E-state index contributed by atoms with van der Waals surface area (Å²) in [7, 11) is 0. The van der Waals surface area contributed by atoms with Crippen molar-refractivity contribution in [1.29, 1.82) is 0 Å². The van der Waals surface area contributed by atoms with Gasteiger partial charge in [0.05, 0.1) is 0 Å². The zero-order chi connectivity index (χ0) is 0. The predicted octanol–water partition coefficient (Wildman–Crippen LogP) is -18.7. The fourth-order valence-corrected chi connectivity index (χ4v) is 0. The topological polar surface area (TPSA) is 0 Å². The van der Waals surface area contributed by atoms with Gasteiger partial charge in [-0.1, -0.05) is 0 Å². The van der Waals surface area contributed by atoms with Gasteiger partial charge < -0.3 is 23.5 Å². The van der Waals surface area contributed by atoms with Crippen molar-refractivity contribution in [2.75, 3.05) is 0 Å². The summed E-state index contributed by atoms with van der Waals surface area (Å²) >= 11 is 0. The van der Waals surface area contributed by atoms with Gasteiger partial charge in [0.25, 0.3) is 0 Å². The molecule has 8 heavy (non-hydrogen) atoms. The molecular weight excluding hydrogens is 198 g/mol. The van der Waals surface area contributed by atoms with E-state index < -0.39 is 0 Å². The Morgan fingerprint density at radius 2 is 0.375 bits per heavy atom. The van der Waals surface area contributed by atoms with E-state index in [1.165, 1.54) is 0 Å². The van der Waals surface area contributed by atoms with Crippen LogP contribution in [0.25, 0.3) is 0 Å². The van der Waals surface area contributed by atoms with Crippen molar-refractivity contribution in [3.8, 4) is 0 Å². The standard InChI is InChI=1S/2Ca.5FH.Na/h;;5*1H;/q2*+2;;;;;;+1/p-5. The van der Waals surface area contributed by atoms with Crippen LogP contribution < -0.4 is 53.1 Å². The molecule has 0 N–H and O–H groups in total. The Kier molecular flexibility index (Phi) is 1220. The van der Waals surface area contributed by atoms with Crippen LogP contribution in [0.3, 0.4) is 0 Å². The molecule has 8 heteroatoms. The SMILES string of the molecule is [Ca+2].[Ca+2].[F-].[F-].[F-].[F-].[F-].[Na+]. The Morgan fingerprint density at radius 3 is 0.375 bits per heavy atom. The summed E-state index contributed by atoms with van der Waals surface area (Å²) in [5, 5.41) is 0. The molecule has 0 fully saturated rings. The van der Waals surface area contributed by atoms with E-state index in [0.717, 1.165) is 0 Å². The van der Waals surface area contributed by atoms with E-state index in [1.807, 2.05) is 0 Å². The normalized spacial score (nSPS) is 0. The maximum absolute atomic E-state index is 0. The molecule has 0 saturated carbocycles. The minimum absolute atomic E-state index is 0. The van der Waals surface area contributed by atoms with Crippen molar-refractivity contribution in [2.24, 2.45) is 0 Å². The van der Waals surface area contributed by atoms with E-state index in [-0.39, 0.29) is 129 Å². The zero-order valence-electron chi connectivity index (χ0n) is 4.30. The third-order valence-corrected chi connectivity index (χ3v) is 0. The van der Waals surface area contributed by atoms with Crippen LogP contribution in [0.15, 0.2) is 0 Å². The Morgan fingerprint density at radius 1 is 0.375 bits per heavy atom. The molecule has 0 nitrogen and oxygen atoms in total. The molecule has 0 heterocycles. The van der Waals surface area contributed by atoms with E-state index in [4.69, 9.17) is 0 Å². The Hall–Kier alpha value is 3.17. The van der Waals surface area contributed by atoms with Gasteiger partial charge in [0.2, 0.25) is 0 Å². The van der Waals surface area contributed by atoms with Gasteiger partial charge in [0.1, 0.15) is 0 Å². The molecule has 0 amide bonds. The third kappa shape index (κ3) is 60.9. The summed E-state index contributed by atoms with van der Waals surface area (Å²) in [6, 6.07) is 0. The van der Waals surface area contributed by atoms with Crippen molar-refractivity contribution in [3.05, 3.63) is 0 Å². The second-order valence-electron chi connectivity index (χ2n) is 0. The van der Waals surface area contributed by atoms with E-state index in [9.17, 15) is 0 Å². The molecule has 0 aliphatic rings. The van der Waals surface area contributed by atoms with Gasteiger partial charge in [-0.3, -0.25) is 0 Å². The van der Waals surface area contributed by atoms with E-state index in [1.54, 1.807) is 0 Å². The molecule has 0 aliphatic heterocycles. The minimum atomic E-state index is 0. The first-order chi connectivity index (χ1) is 0. The first-order valence-electron chi connectivity index (χ1n) is 0. The molecule has 0 aromatic heterocycles. The van der Waals surface area contributed by atoms with Gasteiger partial charge in [0, 0.05) is 0 Å². The molecule has 0 aliphatic carbocycles. The summed E-state index contributed by atoms with van der Waals surface area (Å²) in [6.45, 7) is 0. The Labute approximate surface area is 126 Å². The number of hydrogen-bond acceptors (Lipinski definition) is 0.